The molecule has 1 fully saturated rings. The minimum Gasteiger partial charge on any atom is -0.377 e. The Bertz CT molecular complexity index is 339. The van der Waals surface area contributed by atoms with Gasteiger partial charge in [0, 0.05) is 17.3 Å². The van der Waals surface area contributed by atoms with E-state index in [0.717, 1.165) is 18.9 Å². The van der Waals surface area contributed by atoms with Gasteiger partial charge in [-0.25, -0.2) is 0 Å². The van der Waals surface area contributed by atoms with Crippen LogP contribution in [-0.2, 0) is 4.74 Å². The summed E-state index contributed by atoms with van der Waals surface area (Å²) < 4.78 is 7.21. The SMILES string of the molecule is Cc1nn(C2COC2)c(C)c1C(C)N. The molecular formula is C10H17N3O. The molecule has 2 N–H and O–H groups in total. The second kappa shape index (κ2) is 3.37. The van der Waals surface area contributed by atoms with Crippen molar-refractivity contribution in [2.24, 2.45) is 5.73 Å². The summed E-state index contributed by atoms with van der Waals surface area (Å²) in [6.07, 6.45) is 0. The fourth-order valence-corrected chi connectivity index (χ4v) is 2.05. The normalized spacial score (nSPS) is 19.4. The van der Waals surface area contributed by atoms with Gasteiger partial charge in [0.25, 0.3) is 0 Å². The number of ether oxygens (including phenoxy) is 1. The Morgan fingerprint density at radius 1 is 1.50 bits per heavy atom. The van der Waals surface area contributed by atoms with E-state index >= 15 is 0 Å². The largest absolute Gasteiger partial charge is 0.377 e. The molecule has 1 atom stereocenters. The van der Waals surface area contributed by atoms with Gasteiger partial charge in [0.2, 0.25) is 0 Å². The summed E-state index contributed by atoms with van der Waals surface area (Å²) in [6, 6.07) is 0.478. The molecule has 0 radical (unpaired) electrons. The summed E-state index contributed by atoms with van der Waals surface area (Å²) in [5.74, 6) is 0. The number of nitrogens with two attached hydrogens (primary N) is 1. The maximum atomic E-state index is 5.90. The van der Waals surface area contributed by atoms with Crippen LogP contribution in [0, 0.1) is 13.8 Å². The lowest BCUT2D eigenvalue weighted by Crippen LogP contribution is -2.32. The molecule has 14 heavy (non-hydrogen) atoms. The van der Waals surface area contributed by atoms with E-state index in [0.29, 0.717) is 6.04 Å². The third-order valence-corrected chi connectivity index (χ3v) is 2.80. The van der Waals surface area contributed by atoms with Crippen LogP contribution in [0.15, 0.2) is 0 Å². The van der Waals surface area contributed by atoms with Crippen LogP contribution >= 0.6 is 0 Å². The molecule has 1 aromatic rings. The van der Waals surface area contributed by atoms with Crippen LogP contribution in [0.2, 0.25) is 0 Å². The smallest absolute Gasteiger partial charge is 0.0988 e. The van der Waals surface area contributed by atoms with Crippen molar-refractivity contribution in [3.8, 4) is 0 Å². The Labute approximate surface area is 84.0 Å². The van der Waals surface area contributed by atoms with Crippen molar-refractivity contribution in [1.82, 2.24) is 9.78 Å². The first kappa shape index (κ1) is 9.68. The molecule has 1 aliphatic heterocycles. The van der Waals surface area contributed by atoms with Crippen molar-refractivity contribution in [1.29, 1.82) is 0 Å². The van der Waals surface area contributed by atoms with E-state index in [1.54, 1.807) is 0 Å². The quantitative estimate of drug-likeness (QED) is 0.768. The molecular weight excluding hydrogens is 178 g/mol. The summed E-state index contributed by atoms with van der Waals surface area (Å²) >= 11 is 0. The third kappa shape index (κ3) is 1.35. The zero-order valence-corrected chi connectivity index (χ0v) is 8.95. The van der Waals surface area contributed by atoms with Crippen LogP contribution < -0.4 is 5.73 Å². The van der Waals surface area contributed by atoms with Crippen molar-refractivity contribution in [2.75, 3.05) is 13.2 Å². The summed E-state index contributed by atoms with van der Waals surface area (Å²) in [5, 5.41) is 4.51. The van der Waals surface area contributed by atoms with Gasteiger partial charge >= 0.3 is 0 Å². The van der Waals surface area contributed by atoms with E-state index in [1.807, 2.05) is 13.8 Å². The van der Waals surface area contributed by atoms with Crippen molar-refractivity contribution in [3.63, 3.8) is 0 Å². The van der Waals surface area contributed by atoms with Gasteiger partial charge in [0.05, 0.1) is 24.9 Å². The highest BCUT2D eigenvalue weighted by atomic mass is 16.5. The topological polar surface area (TPSA) is 53.1 Å². The zero-order chi connectivity index (χ0) is 10.3. The average Bonchev–Trinajstić information content (AvgIpc) is 2.23. The van der Waals surface area contributed by atoms with Gasteiger partial charge in [-0.05, 0) is 20.8 Å². The molecule has 0 amide bonds. The van der Waals surface area contributed by atoms with Crippen LogP contribution in [0.3, 0.4) is 0 Å². The van der Waals surface area contributed by atoms with E-state index in [9.17, 15) is 0 Å². The Balaban J connectivity index is 2.38. The van der Waals surface area contributed by atoms with Gasteiger partial charge < -0.3 is 10.5 Å². The van der Waals surface area contributed by atoms with Crippen molar-refractivity contribution < 1.29 is 4.74 Å². The van der Waals surface area contributed by atoms with Gasteiger partial charge in [-0.2, -0.15) is 5.10 Å². The molecule has 1 aliphatic rings. The van der Waals surface area contributed by atoms with Crippen molar-refractivity contribution >= 4 is 0 Å². The molecule has 1 aromatic heterocycles. The Morgan fingerprint density at radius 3 is 2.50 bits per heavy atom. The molecule has 2 rings (SSSR count). The van der Waals surface area contributed by atoms with E-state index < -0.39 is 0 Å². The Morgan fingerprint density at radius 2 is 2.14 bits per heavy atom. The molecule has 0 aliphatic carbocycles. The summed E-state index contributed by atoms with van der Waals surface area (Å²) in [6.45, 7) is 7.65. The number of aromatic nitrogens is 2. The van der Waals surface area contributed by atoms with Crippen LogP contribution in [0.4, 0.5) is 0 Å². The van der Waals surface area contributed by atoms with Gasteiger partial charge in [-0.1, -0.05) is 0 Å². The lowest BCUT2D eigenvalue weighted by molar-refractivity contribution is -0.0296. The van der Waals surface area contributed by atoms with E-state index in [2.05, 4.69) is 16.7 Å². The monoisotopic (exact) mass is 195 g/mol. The molecule has 0 aromatic carbocycles. The van der Waals surface area contributed by atoms with E-state index in [1.165, 1.54) is 11.3 Å². The number of aryl methyl sites for hydroxylation is 1. The number of rotatable bonds is 2. The van der Waals surface area contributed by atoms with E-state index in [-0.39, 0.29) is 6.04 Å². The van der Waals surface area contributed by atoms with Crippen LogP contribution in [-0.4, -0.2) is 23.0 Å². The highest BCUT2D eigenvalue weighted by Crippen LogP contribution is 2.25. The lowest BCUT2D eigenvalue weighted by atomic mass is 10.1. The summed E-state index contributed by atoms with van der Waals surface area (Å²) in [7, 11) is 0. The molecule has 2 heterocycles. The molecule has 0 saturated carbocycles. The Hall–Kier alpha value is -0.870. The molecule has 78 valence electrons. The summed E-state index contributed by atoms with van der Waals surface area (Å²) in [4.78, 5) is 0. The zero-order valence-electron chi connectivity index (χ0n) is 8.95. The van der Waals surface area contributed by atoms with Crippen molar-refractivity contribution in [3.05, 3.63) is 17.0 Å². The van der Waals surface area contributed by atoms with Gasteiger partial charge in [0.1, 0.15) is 0 Å². The minimum absolute atomic E-state index is 0.0599. The second-order valence-electron chi connectivity index (χ2n) is 4.01. The Kier molecular flexibility index (Phi) is 2.33. The molecule has 0 spiro atoms. The number of nitrogens with zero attached hydrogens (tertiary/aromatic N) is 2. The standard InChI is InChI=1S/C10H17N3O/c1-6(11)10-7(2)12-13(8(10)3)9-4-14-5-9/h6,9H,4-5,11H2,1-3H3. The van der Waals surface area contributed by atoms with Crippen molar-refractivity contribution in [2.45, 2.75) is 32.9 Å². The molecule has 4 heteroatoms. The van der Waals surface area contributed by atoms with Gasteiger partial charge in [0.15, 0.2) is 0 Å². The molecule has 1 saturated heterocycles. The van der Waals surface area contributed by atoms with Crippen LogP contribution in [0.1, 0.15) is 36.0 Å². The third-order valence-electron chi connectivity index (χ3n) is 2.80. The van der Waals surface area contributed by atoms with Crippen LogP contribution in [0.5, 0.6) is 0 Å². The highest BCUT2D eigenvalue weighted by Gasteiger charge is 2.25. The van der Waals surface area contributed by atoms with Gasteiger partial charge in [-0.3, -0.25) is 4.68 Å². The summed E-state index contributed by atoms with van der Waals surface area (Å²) in [5.41, 5.74) is 9.31. The molecule has 0 bridgehead atoms. The maximum absolute atomic E-state index is 5.90. The predicted octanol–water partition coefficient (Wildman–Crippen LogP) is 1.09. The number of hydrogen-bond acceptors (Lipinski definition) is 3. The second-order valence-corrected chi connectivity index (χ2v) is 4.01. The van der Waals surface area contributed by atoms with Gasteiger partial charge in [-0.15, -0.1) is 0 Å². The fraction of sp³-hybridized carbons (Fsp3) is 0.700. The van der Waals surface area contributed by atoms with Crippen LogP contribution in [0.25, 0.3) is 0 Å². The molecule has 1 unspecified atom stereocenters. The van der Waals surface area contributed by atoms with E-state index in [4.69, 9.17) is 10.5 Å². The first-order valence-corrected chi connectivity index (χ1v) is 5.00. The molecule has 4 nitrogen and oxygen atoms in total. The first-order valence-electron chi connectivity index (χ1n) is 5.00. The first-order chi connectivity index (χ1) is 6.61. The maximum Gasteiger partial charge on any atom is 0.0988 e. The highest BCUT2D eigenvalue weighted by molar-refractivity contribution is 5.28. The predicted molar refractivity (Wildman–Crippen MR) is 54.2 cm³/mol. The lowest BCUT2D eigenvalue weighted by Gasteiger charge is -2.27. The minimum atomic E-state index is 0.0599. The average molecular weight is 195 g/mol. The number of hydrogen-bond donors (Lipinski definition) is 1. The fourth-order valence-electron chi connectivity index (χ4n) is 2.05.